The van der Waals surface area contributed by atoms with Gasteiger partial charge in [-0.25, -0.2) is 9.18 Å². The first kappa shape index (κ1) is 14.7. The average molecular weight is 313 g/mol. The molecule has 0 aliphatic carbocycles. The van der Waals surface area contributed by atoms with E-state index >= 15 is 0 Å². The van der Waals surface area contributed by atoms with E-state index in [4.69, 9.17) is 0 Å². The summed E-state index contributed by atoms with van der Waals surface area (Å²) in [5, 5.41) is 18.9. The fourth-order valence-corrected chi connectivity index (χ4v) is 2.35. The Morgan fingerprint density at radius 2 is 1.96 bits per heavy atom. The summed E-state index contributed by atoms with van der Waals surface area (Å²) >= 11 is 0. The molecule has 0 aliphatic heterocycles. The quantitative estimate of drug-likeness (QED) is 0.688. The molecule has 0 spiro atoms. The maximum Gasteiger partial charge on any atom is 0.331 e. The van der Waals surface area contributed by atoms with Gasteiger partial charge in [0.25, 0.3) is 5.91 Å². The highest BCUT2D eigenvalue weighted by Gasteiger charge is 2.26. The number of H-pyrrole nitrogens is 1. The molecule has 7 heteroatoms. The third-order valence-electron chi connectivity index (χ3n) is 3.46. The predicted octanol–water partition coefficient (Wildman–Crippen LogP) is 2.26. The fraction of sp³-hybridized carbons (Fsp3) is 0.0625. The van der Waals surface area contributed by atoms with Crippen molar-refractivity contribution in [2.45, 2.75) is 6.04 Å². The Morgan fingerprint density at radius 1 is 1.17 bits per heavy atom. The maximum absolute atomic E-state index is 13.8. The monoisotopic (exact) mass is 313 g/mol. The van der Waals surface area contributed by atoms with Crippen LogP contribution in [0.25, 0.3) is 10.9 Å². The van der Waals surface area contributed by atoms with Crippen LogP contribution in [0.4, 0.5) is 4.39 Å². The van der Waals surface area contributed by atoms with Gasteiger partial charge in [0, 0.05) is 10.9 Å². The molecule has 1 atom stereocenters. The number of aromatic amines is 1. The van der Waals surface area contributed by atoms with Crippen molar-refractivity contribution in [2.24, 2.45) is 0 Å². The second-order valence-corrected chi connectivity index (χ2v) is 4.91. The first-order chi connectivity index (χ1) is 11.1. The van der Waals surface area contributed by atoms with Gasteiger partial charge in [-0.15, -0.1) is 0 Å². The van der Waals surface area contributed by atoms with Crippen LogP contribution < -0.4 is 5.32 Å². The highest BCUT2D eigenvalue weighted by atomic mass is 19.1. The molecular formula is C16H12FN3O3. The summed E-state index contributed by atoms with van der Waals surface area (Å²) in [7, 11) is 0. The van der Waals surface area contributed by atoms with Crippen LogP contribution in [0.15, 0.2) is 48.7 Å². The fourth-order valence-electron chi connectivity index (χ4n) is 2.35. The number of carbonyl (C=O) groups is 2. The molecule has 0 unspecified atom stereocenters. The average Bonchev–Trinajstić information content (AvgIpc) is 3.01. The van der Waals surface area contributed by atoms with Crippen LogP contribution in [-0.4, -0.2) is 27.2 Å². The van der Waals surface area contributed by atoms with Crippen LogP contribution >= 0.6 is 0 Å². The molecule has 0 saturated heterocycles. The number of aromatic nitrogens is 2. The molecule has 23 heavy (non-hydrogen) atoms. The van der Waals surface area contributed by atoms with E-state index in [1.54, 1.807) is 18.3 Å². The standard InChI is InChI=1S/C16H12FN3O3/c17-12-7-2-1-5-10(12)14(16(22)23)19-15(21)11-6-3-4-9-8-18-20-13(9)11/h1-8,14H,(H,18,20)(H,19,21)(H,22,23)/t14-/m1/s1. The number of para-hydroxylation sites is 1. The van der Waals surface area contributed by atoms with Gasteiger partial charge in [-0.1, -0.05) is 30.3 Å². The van der Waals surface area contributed by atoms with Gasteiger partial charge in [0.15, 0.2) is 6.04 Å². The van der Waals surface area contributed by atoms with E-state index in [-0.39, 0.29) is 11.1 Å². The highest BCUT2D eigenvalue weighted by molar-refractivity contribution is 6.06. The van der Waals surface area contributed by atoms with Gasteiger partial charge in [0.2, 0.25) is 0 Å². The first-order valence-electron chi connectivity index (χ1n) is 6.78. The lowest BCUT2D eigenvalue weighted by Gasteiger charge is -2.15. The Morgan fingerprint density at radius 3 is 2.70 bits per heavy atom. The van der Waals surface area contributed by atoms with Crippen LogP contribution in [0, 0.1) is 5.82 Å². The highest BCUT2D eigenvalue weighted by Crippen LogP contribution is 2.20. The molecule has 0 aliphatic rings. The summed E-state index contributed by atoms with van der Waals surface area (Å²) in [5.74, 6) is -2.67. The molecule has 3 aromatic rings. The zero-order valence-corrected chi connectivity index (χ0v) is 11.8. The van der Waals surface area contributed by atoms with E-state index < -0.39 is 23.7 Å². The summed E-state index contributed by atoms with van der Waals surface area (Å²) < 4.78 is 13.8. The second-order valence-electron chi connectivity index (χ2n) is 4.91. The summed E-state index contributed by atoms with van der Waals surface area (Å²) in [5.41, 5.74) is 0.621. The summed E-state index contributed by atoms with van der Waals surface area (Å²) in [6, 6.07) is 8.91. The van der Waals surface area contributed by atoms with Gasteiger partial charge in [-0.2, -0.15) is 5.10 Å². The van der Waals surface area contributed by atoms with Crippen LogP contribution in [0.1, 0.15) is 22.0 Å². The lowest BCUT2D eigenvalue weighted by molar-refractivity contribution is -0.139. The Hall–Kier alpha value is -3.22. The number of aliphatic carboxylic acids is 1. The van der Waals surface area contributed by atoms with Crippen molar-refractivity contribution in [3.8, 4) is 0 Å². The van der Waals surface area contributed by atoms with E-state index in [1.165, 1.54) is 24.3 Å². The topological polar surface area (TPSA) is 95.1 Å². The zero-order valence-electron chi connectivity index (χ0n) is 11.8. The smallest absolute Gasteiger partial charge is 0.331 e. The Labute approximate surface area is 129 Å². The minimum Gasteiger partial charge on any atom is -0.479 e. The summed E-state index contributed by atoms with van der Waals surface area (Å²) in [6.45, 7) is 0. The maximum atomic E-state index is 13.8. The number of hydrogen-bond acceptors (Lipinski definition) is 3. The number of carboxylic acid groups (broad SMARTS) is 1. The lowest BCUT2D eigenvalue weighted by Crippen LogP contribution is -2.34. The molecule has 3 rings (SSSR count). The molecule has 6 nitrogen and oxygen atoms in total. The third-order valence-corrected chi connectivity index (χ3v) is 3.46. The molecule has 116 valence electrons. The third kappa shape index (κ3) is 2.76. The second kappa shape index (κ2) is 5.88. The molecule has 1 aromatic heterocycles. The van der Waals surface area contributed by atoms with Gasteiger partial charge in [-0.3, -0.25) is 9.89 Å². The first-order valence-corrected chi connectivity index (χ1v) is 6.78. The lowest BCUT2D eigenvalue weighted by atomic mass is 10.1. The van der Waals surface area contributed by atoms with E-state index in [0.29, 0.717) is 5.52 Å². The van der Waals surface area contributed by atoms with E-state index in [1.807, 2.05) is 0 Å². The van der Waals surface area contributed by atoms with Gasteiger partial charge in [0.1, 0.15) is 5.82 Å². The number of amides is 1. The molecular weight excluding hydrogens is 301 g/mol. The van der Waals surface area contributed by atoms with Crippen molar-refractivity contribution in [3.63, 3.8) is 0 Å². The Bertz CT molecular complexity index is 891. The van der Waals surface area contributed by atoms with Crippen molar-refractivity contribution in [1.29, 1.82) is 0 Å². The molecule has 0 radical (unpaired) electrons. The van der Waals surface area contributed by atoms with Gasteiger partial charge < -0.3 is 10.4 Å². The zero-order chi connectivity index (χ0) is 16.4. The number of carboxylic acids is 1. The number of nitrogens with one attached hydrogen (secondary N) is 2. The molecule has 0 fully saturated rings. The SMILES string of the molecule is O=C(N[C@@H](C(=O)O)c1ccccc1F)c1cccc2cn[nH]c12. The van der Waals surface area contributed by atoms with Crippen molar-refractivity contribution < 1.29 is 19.1 Å². The summed E-state index contributed by atoms with van der Waals surface area (Å²) in [4.78, 5) is 23.8. The van der Waals surface area contributed by atoms with Gasteiger partial charge in [0.05, 0.1) is 17.3 Å². The van der Waals surface area contributed by atoms with Crippen LogP contribution in [-0.2, 0) is 4.79 Å². The van der Waals surface area contributed by atoms with Gasteiger partial charge >= 0.3 is 5.97 Å². The largest absolute Gasteiger partial charge is 0.479 e. The van der Waals surface area contributed by atoms with Gasteiger partial charge in [-0.05, 0) is 12.1 Å². The van der Waals surface area contributed by atoms with Crippen molar-refractivity contribution in [2.75, 3.05) is 0 Å². The van der Waals surface area contributed by atoms with Crippen molar-refractivity contribution in [1.82, 2.24) is 15.5 Å². The molecule has 0 bridgehead atoms. The van der Waals surface area contributed by atoms with Crippen molar-refractivity contribution in [3.05, 3.63) is 65.6 Å². The van der Waals surface area contributed by atoms with E-state index in [0.717, 1.165) is 11.5 Å². The molecule has 1 heterocycles. The summed E-state index contributed by atoms with van der Waals surface area (Å²) in [6.07, 6.45) is 1.55. The number of fused-ring (bicyclic) bond motifs is 1. The number of hydrogen-bond donors (Lipinski definition) is 3. The van der Waals surface area contributed by atoms with Crippen molar-refractivity contribution >= 4 is 22.8 Å². The predicted molar refractivity (Wildman–Crippen MR) is 80.3 cm³/mol. The molecule has 3 N–H and O–H groups in total. The number of carbonyl (C=O) groups excluding carboxylic acids is 1. The number of rotatable bonds is 4. The number of halogens is 1. The normalized spacial score (nSPS) is 12.0. The van der Waals surface area contributed by atoms with Crippen LogP contribution in [0.2, 0.25) is 0 Å². The Kier molecular flexibility index (Phi) is 3.76. The molecule has 2 aromatic carbocycles. The van der Waals surface area contributed by atoms with Crippen LogP contribution in [0.3, 0.4) is 0 Å². The van der Waals surface area contributed by atoms with E-state index in [9.17, 15) is 19.1 Å². The minimum absolute atomic E-state index is 0.106. The molecule has 0 saturated carbocycles. The Balaban J connectivity index is 1.95. The number of benzene rings is 2. The number of nitrogens with zero attached hydrogens (tertiary/aromatic N) is 1. The minimum atomic E-state index is -1.48. The molecule has 1 amide bonds. The van der Waals surface area contributed by atoms with Crippen LogP contribution in [0.5, 0.6) is 0 Å². The van der Waals surface area contributed by atoms with E-state index in [2.05, 4.69) is 15.5 Å².